The molecule has 4 heteroatoms. The van der Waals surface area contributed by atoms with E-state index in [9.17, 15) is 0 Å². The van der Waals surface area contributed by atoms with Crippen LogP contribution in [0.15, 0.2) is 12.3 Å². The normalized spacial score (nSPS) is 8.82. The maximum atomic E-state index is 8.59. The summed E-state index contributed by atoms with van der Waals surface area (Å²) in [5.74, 6) is 0. The van der Waals surface area contributed by atoms with E-state index >= 15 is 0 Å². The van der Waals surface area contributed by atoms with E-state index in [0.29, 0.717) is 5.56 Å². The van der Waals surface area contributed by atoms with Crippen molar-refractivity contribution in [2.24, 2.45) is 0 Å². The highest BCUT2D eigenvalue weighted by Gasteiger charge is 1.99. The highest BCUT2D eigenvalue weighted by atomic mass is 127. The molecule has 1 rings (SSSR count). The smallest absolute Gasteiger partial charge is 0.179 e. The van der Waals surface area contributed by atoms with Crippen LogP contribution in [0.4, 0.5) is 0 Å². The molecule has 0 spiro atoms. The van der Waals surface area contributed by atoms with Crippen molar-refractivity contribution >= 4 is 35.5 Å². The molecule has 11 heavy (non-hydrogen) atoms. The van der Waals surface area contributed by atoms with Gasteiger partial charge in [0.1, 0.15) is 6.07 Å². The Morgan fingerprint density at radius 3 is 2.91 bits per heavy atom. The van der Waals surface area contributed by atoms with Gasteiger partial charge in [0.25, 0.3) is 0 Å². The summed E-state index contributed by atoms with van der Waals surface area (Å²) in [6.45, 7) is 2.05. The van der Waals surface area contributed by atoms with Gasteiger partial charge in [0, 0.05) is 15.4 Å². The van der Waals surface area contributed by atoms with Gasteiger partial charge in [-0.15, -0.1) is 0 Å². The molecule has 0 aliphatic carbocycles. The third-order valence-electron chi connectivity index (χ3n) is 1.39. The van der Waals surface area contributed by atoms with E-state index in [4.69, 9.17) is 5.26 Å². The van der Waals surface area contributed by atoms with Crippen LogP contribution >= 0.6 is 22.6 Å². The monoisotopic (exact) mass is 256 g/mol. The summed E-state index contributed by atoms with van der Waals surface area (Å²) in [5.41, 5.74) is 1.69. The van der Waals surface area contributed by atoms with E-state index in [0.717, 1.165) is 16.4 Å². The summed E-state index contributed by atoms with van der Waals surface area (Å²) >= 11 is 2.15. The van der Waals surface area contributed by atoms with E-state index < -0.39 is 0 Å². The number of nitrogens with zero attached hydrogens (tertiary/aromatic N) is 2. The van der Waals surface area contributed by atoms with Crippen LogP contribution in [0, 0.1) is 14.9 Å². The Hall–Kier alpha value is -0.565. The van der Waals surface area contributed by atoms with Crippen LogP contribution in [0.5, 0.6) is 0 Å². The van der Waals surface area contributed by atoms with Crippen molar-refractivity contribution in [1.29, 1.82) is 5.26 Å². The average molecular weight is 256 g/mol. The minimum Gasteiger partial charge on any atom is -0.270 e. The van der Waals surface area contributed by atoms with Gasteiger partial charge in [-0.25, -0.2) is 0 Å². The Morgan fingerprint density at radius 2 is 2.45 bits per heavy atom. The second-order valence-electron chi connectivity index (χ2n) is 2.12. The van der Waals surface area contributed by atoms with Crippen LogP contribution in [0.25, 0.3) is 0 Å². The predicted octanol–water partition coefficient (Wildman–Crippen LogP) is 0.668. The summed E-state index contributed by atoms with van der Waals surface area (Å²) in [6, 6.07) is 4.02. The van der Waals surface area contributed by atoms with Gasteiger partial charge in [-0.05, 0) is 28.7 Å². The summed E-state index contributed by atoms with van der Waals surface area (Å²) < 4.78 is 0.983. The zero-order chi connectivity index (χ0) is 8.27. The van der Waals surface area contributed by atoms with Crippen molar-refractivity contribution in [3.05, 3.63) is 21.4 Å². The first-order valence-electron chi connectivity index (χ1n) is 3.32. The molecule has 0 radical (unpaired) electrons. The average Bonchev–Trinajstić information content (AvgIpc) is 2.04. The largest absolute Gasteiger partial charge is 0.270 e. The summed E-state index contributed by atoms with van der Waals surface area (Å²) in [6.07, 6.45) is 1.63. The molecular weight excluding hydrogens is 250 g/mol. The lowest BCUT2D eigenvalue weighted by Crippen LogP contribution is -2.15. The Bertz CT molecular complexity index is 306. The summed E-state index contributed by atoms with van der Waals surface area (Å²) in [4.78, 5) is 4.10. The number of pyridine rings is 1. The molecule has 0 bridgehead atoms. The maximum absolute atomic E-state index is 8.59. The summed E-state index contributed by atoms with van der Waals surface area (Å²) in [5, 5.41) is 8.59. The Morgan fingerprint density at radius 1 is 1.73 bits per heavy atom. The van der Waals surface area contributed by atoms with Gasteiger partial charge in [0.05, 0.1) is 5.56 Å². The predicted molar refractivity (Wildman–Crippen MR) is 54.3 cm³/mol. The molecule has 0 aliphatic heterocycles. The maximum Gasteiger partial charge on any atom is 0.179 e. The van der Waals surface area contributed by atoms with E-state index in [2.05, 4.69) is 33.6 Å². The molecule has 0 aliphatic rings. The lowest BCUT2D eigenvalue weighted by molar-refractivity contribution is 1.33. The zero-order valence-electron chi connectivity index (χ0n) is 6.13. The lowest BCUT2D eigenvalue weighted by Gasteiger charge is -1.96. The van der Waals surface area contributed by atoms with Crippen LogP contribution in [-0.2, 0) is 0 Å². The van der Waals surface area contributed by atoms with E-state index in [1.165, 1.54) is 0 Å². The number of hydrogen-bond donors (Lipinski definition) is 0. The molecule has 2 nitrogen and oxygen atoms in total. The standard InChI is InChI=1S/C7H6BIN2/c1-8-7-2-6(9)5(3-10)4-11-7/h2,4,8H,1H3. The Balaban J connectivity index is 3.12. The Labute approximate surface area is 80.0 Å². The molecule has 0 amide bonds. The lowest BCUT2D eigenvalue weighted by atomic mass is 9.77. The molecule has 0 N–H and O–H groups in total. The van der Waals surface area contributed by atoms with Crippen molar-refractivity contribution < 1.29 is 0 Å². The van der Waals surface area contributed by atoms with Gasteiger partial charge < -0.3 is 0 Å². The van der Waals surface area contributed by atoms with Gasteiger partial charge in [0.15, 0.2) is 7.28 Å². The van der Waals surface area contributed by atoms with Gasteiger partial charge >= 0.3 is 0 Å². The van der Waals surface area contributed by atoms with Gasteiger partial charge in [-0.2, -0.15) is 5.26 Å². The number of hydrogen-bond acceptors (Lipinski definition) is 2. The molecule has 54 valence electrons. The zero-order valence-corrected chi connectivity index (χ0v) is 8.29. The molecule has 0 saturated carbocycles. The van der Waals surface area contributed by atoms with E-state index in [1.54, 1.807) is 6.20 Å². The van der Waals surface area contributed by atoms with Crippen molar-refractivity contribution in [3.63, 3.8) is 0 Å². The molecule has 1 aromatic rings. The summed E-state index contributed by atoms with van der Waals surface area (Å²) in [7, 11) is 0.918. The molecule has 0 unspecified atom stereocenters. The highest BCUT2D eigenvalue weighted by molar-refractivity contribution is 14.1. The minimum atomic E-state index is 0.655. The van der Waals surface area contributed by atoms with Gasteiger partial charge in [-0.3, -0.25) is 4.98 Å². The van der Waals surface area contributed by atoms with Crippen LogP contribution in [-0.4, -0.2) is 12.3 Å². The van der Waals surface area contributed by atoms with Crippen LogP contribution in [0.2, 0.25) is 6.82 Å². The van der Waals surface area contributed by atoms with Gasteiger partial charge in [0.2, 0.25) is 0 Å². The van der Waals surface area contributed by atoms with Crippen LogP contribution in [0.3, 0.4) is 0 Å². The first-order chi connectivity index (χ1) is 5.27. The van der Waals surface area contributed by atoms with Crippen molar-refractivity contribution in [2.45, 2.75) is 6.82 Å². The van der Waals surface area contributed by atoms with E-state index in [1.807, 2.05) is 12.9 Å². The number of halogens is 1. The van der Waals surface area contributed by atoms with E-state index in [-0.39, 0.29) is 0 Å². The second kappa shape index (κ2) is 3.72. The molecule has 0 aromatic carbocycles. The molecule has 0 fully saturated rings. The Kier molecular flexibility index (Phi) is 2.88. The quantitative estimate of drug-likeness (QED) is 0.546. The molecule has 1 aromatic heterocycles. The first kappa shape index (κ1) is 8.53. The topological polar surface area (TPSA) is 36.7 Å². The van der Waals surface area contributed by atoms with Gasteiger partial charge in [-0.1, -0.05) is 6.82 Å². The fraction of sp³-hybridized carbons (Fsp3) is 0.143. The number of nitriles is 1. The van der Waals surface area contributed by atoms with Crippen LogP contribution in [0.1, 0.15) is 5.56 Å². The molecule has 0 atom stereocenters. The fourth-order valence-electron chi connectivity index (χ4n) is 0.746. The van der Waals surface area contributed by atoms with Crippen molar-refractivity contribution in [2.75, 3.05) is 0 Å². The fourth-order valence-corrected chi connectivity index (χ4v) is 1.37. The second-order valence-corrected chi connectivity index (χ2v) is 3.28. The molecular formula is C7H6BIN2. The SMILES string of the molecule is CBc1cc(I)c(C#N)cn1. The van der Waals surface area contributed by atoms with Crippen LogP contribution < -0.4 is 5.59 Å². The third kappa shape index (κ3) is 1.93. The minimum absolute atomic E-state index is 0.655. The molecule has 0 saturated heterocycles. The van der Waals surface area contributed by atoms with Crippen molar-refractivity contribution in [1.82, 2.24) is 4.98 Å². The third-order valence-corrected chi connectivity index (χ3v) is 2.29. The number of aromatic nitrogens is 1. The van der Waals surface area contributed by atoms with Crippen molar-refractivity contribution in [3.8, 4) is 6.07 Å². The number of rotatable bonds is 1. The highest BCUT2D eigenvalue weighted by Crippen LogP contribution is 2.06. The first-order valence-corrected chi connectivity index (χ1v) is 4.40. The molecule has 1 heterocycles.